The van der Waals surface area contributed by atoms with Gasteiger partial charge in [-0.1, -0.05) is 18.2 Å². The van der Waals surface area contributed by atoms with Crippen molar-refractivity contribution in [2.75, 3.05) is 33.8 Å². The SMILES string of the molecule is CN=C(NCc1sc(C)nc1C)NCC(c1ccccc1OC)N1CCCC1.I. The lowest BCUT2D eigenvalue weighted by molar-refractivity contribution is 0.239. The third-order valence-electron chi connectivity index (χ3n) is 5.18. The van der Waals surface area contributed by atoms with E-state index in [1.807, 2.05) is 26.1 Å². The summed E-state index contributed by atoms with van der Waals surface area (Å²) < 4.78 is 5.63. The van der Waals surface area contributed by atoms with Crippen LogP contribution in [0.1, 0.15) is 40.0 Å². The predicted molar refractivity (Wildman–Crippen MR) is 132 cm³/mol. The van der Waals surface area contributed by atoms with Crippen LogP contribution in [0.25, 0.3) is 0 Å². The monoisotopic (exact) mass is 529 g/mol. The Balaban J connectivity index is 0.00000300. The Morgan fingerprint density at radius 2 is 1.97 bits per heavy atom. The maximum atomic E-state index is 5.63. The number of nitrogens with zero attached hydrogens (tertiary/aromatic N) is 3. The van der Waals surface area contributed by atoms with Crippen LogP contribution in [0.2, 0.25) is 0 Å². The molecule has 0 spiro atoms. The van der Waals surface area contributed by atoms with Gasteiger partial charge in [-0.25, -0.2) is 4.98 Å². The van der Waals surface area contributed by atoms with Crippen LogP contribution < -0.4 is 15.4 Å². The molecule has 1 aromatic carbocycles. The number of para-hydroxylation sites is 1. The first-order chi connectivity index (χ1) is 13.6. The van der Waals surface area contributed by atoms with E-state index in [0.29, 0.717) is 0 Å². The topological polar surface area (TPSA) is 61.8 Å². The Hall–Kier alpha value is -1.39. The van der Waals surface area contributed by atoms with E-state index < -0.39 is 0 Å². The lowest BCUT2D eigenvalue weighted by Crippen LogP contribution is -2.42. The summed E-state index contributed by atoms with van der Waals surface area (Å²) in [7, 11) is 3.56. The fraction of sp³-hybridized carbons (Fsp3) is 0.524. The van der Waals surface area contributed by atoms with Crippen LogP contribution >= 0.6 is 35.3 Å². The summed E-state index contributed by atoms with van der Waals surface area (Å²) in [6, 6.07) is 8.58. The minimum atomic E-state index is 0. The van der Waals surface area contributed by atoms with E-state index in [1.54, 1.807) is 18.4 Å². The number of rotatable bonds is 7. The van der Waals surface area contributed by atoms with Crippen LogP contribution in [0.15, 0.2) is 29.3 Å². The third-order valence-corrected chi connectivity index (χ3v) is 6.25. The zero-order valence-corrected chi connectivity index (χ0v) is 20.8. The van der Waals surface area contributed by atoms with Crippen LogP contribution in [-0.4, -0.2) is 49.6 Å². The smallest absolute Gasteiger partial charge is 0.191 e. The van der Waals surface area contributed by atoms with Crippen molar-refractivity contribution < 1.29 is 4.74 Å². The Labute approximate surface area is 195 Å². The van der Waals surface area contributed by atoms with E-state index >= 15 is 0 Å². The Bertz CT molecular complexity index is 804. The second kappa shape index (κ2) is 11.7. The van der Waals surface area contributed by atoms with Crippen molar-refractivity contribution in [3.05, 3.63) is 45.4 Å². The molecule has 8 heteroatoms. The van der Waals surface area contributed by atoms with Gasteiger partial charge >= 0.3 is 0 Å². The second-order valence-electron chi connectivity index (χ2n) is 7.05. The summed E-state index contributed by atoms with van der Waals surface area (Å²) >= 11 is 1.73. The number of aliphatic imine (C=N–C) groups is 1. The number of aromatic nitrogens is 1. The summed E-state index contributed by atoms with van der Waals surface area (Å²) in [4.78, 5) is 12.7. The fourth-order valence-corrected chi connectivity index (χ4v) is 4.62. The summed E-state index contributed by atoms with van der Waals surface area (Å²) in [6.45, 7) is 7.86. The molecule has 1 fully saturated rings. The van der Waals surface area contributed by atoms with Gasteiger partial charge in [-0.3, -0.25) is 9.89 Å². The van der Waals surface area contributed by atoms with Crippen LogP contribution in [-0.2, 0) is 6.54 Å². The zero-order chi connectivity index (χ0) is 19.9. The third kappa shape index (κ3) is 6.29. The molecule has 2 N–H and O–H groups in total. The van der Waals surface area contributed by atoms with Crippen LogP contribution in [0.3, 0.4) is 0 Å². The van der Waals surface area contributed by atoms with Gasteiger partial charge < -0.3 is 15.4 Å². The Morgan fingerprint density at radius 3 is 2.59 bits per heavy atom. The van der Waals surface area contributed by atoms with Gasteiger partial charge in [-0.05, 0) is 45.8 Å². The van der Waals surface area contributed by atoms with Gasteiger partial charge in [-0.2, -0.15) is 0 Å². The fourth-order valence-electron chi connectivity index (χ4n) is 3.75. The van der Waals surface area contributed by atoms with E-state index in [4.69, 9.17) is 4.74 Å². The number of likely N-dealkylation sites (tertiary alicyclic amines) is 1. The number of ether oxygens (including phenoxy) is 1. The molecule has 1 aromatic heterocycles. The van der Waals surface area contributed by atoms with Gasteiger partial charge in [0.25, 0.3) is 0 Å². The summed E-state index contributed by atoms with van der Waals surface area (Å²) in [5.74, 6) is 1.75. The summed E-state index contributed by atoms with van der Waals surface area (Å²) in [5, 5.41) is 8.04. The molecule has 1 atom stereocenters. The number of hydrogen-bond acceptors (Lipinski definition) is 5. The Morgan fingerprint density at radius 1 is 1.24 bits per heavy atom. The molecule has 0 amide bonds. The first kappa shape index (κ1) is 23.9. The van der Waals surface area contributed by atoms with E-state index in [-0.39, 0.29) is 30.0 Å². The van der Waals surface area contributed by atoms with Gasteiger partial charge in [0, 0.05) is 24.0 Å². The highest BCUT2D eigenvalue weighted by atomic mass is 127. The van der Waals surface area contributed by atoms with Gasteiger partial charge in [0.15, 0.2) is 5.96 Å². The number of halogens is 1. The maximum Gasteiger partial charge on any atom is 0.191 e. The molecular weight excluding hydrogens is 497 g/mol. The number of methoxy groups -OCH3 is 1. The molecule has 160 valence electrons. The van der Waals surface area contributed by atoms with Crippen molar-refractivity contribution in [1.29, 1.82) is 0 Å². The summed E-state index contributed by atoms with van der Waals surface area (Å²) in [6.07, 6.45) is 2.51. The maximum absolute atomic E-state index is 5.63. The minimum absolute atomic E-state index is 0. The lowest BCUT2D eigenvalue weighted by Gasteiger charge is -2.30. The lowest BCUT2D eigenvalue weighted by atomic mass is 10.0. The van der Waals surface area contributed by atoms with Gasteiger partial charge in [-0.15, -0.1) is 35.3 Å². The van der Waals surface area contributed by atoms with Crippen molar-refractivity contribution in [2.45, 2.75) is 39.3 Å². The minimum Gasteiger partial charge on any atom is -0.496 e. The zero-order valence-electron chi connectivity index (χ0n) is 17.7. The molecule has 1 saturated heterocycles. The molecule has 0 saturated carbocycles. The molecule has 6 nitrogen and oxygen atoms in total. The molecule has 2 heterocycles. The van der Waals surface area contributed by atoms with E-state index in [1.165, 1.54) is 23.3 Å². The predicted octanol–water partition coefficient (Wildman–Crippen LogP) is 3.89. The average molecular weight is 529 g/mol. The van der Waals surface area contributed by atoms with Crippen molar-refractivity contribution in [3.63, 3.8) is 0 Å². The van der Waals surface area contributed by atoms with E-state index in [0.717, 1.165) is 48.6 Å². The van der Waals surface area contributed by atoms with Crippen molar-refractivity contribution >= 4 is 41.3 Å². The van der Waals surface area contributed by atoms with Crippen molar-refractivity contribution in [3.8, 4) is 5.75 Å². The number of hydrogen-bond donors (Lipinski definition) is 2. The molecule has 1 aliphatic heterocycles. The highest BCUT2D eigenvalue weighted by molar-refractivity contribution is 14.0. The molecule has 3 rings (SSSR count). The standard InChI is InChI=1S/C21H31N5OS.HI/c1-15-20(28-16(2)25-15)14-24-21(22-3)23-13-18(26-11-7-8-12-26)17-9-5-6-10-19(17)27-4;/h5-6,9-10,18H,7-8,11-14H2,1-4H3,(H2,22,23,24);1H. The van der Waals surface area contributed by atoms with E-state index in [2.05, 4.69) is 44.6 Å². The molecule has 29 heavy (non-hydrogen) atoms. The molecule has 0 bridgehead atoms. The second-order valence-corrected chi connectivity index (χ2v) is 8.34. The average Bonchev–Trinajstić information content (AvgIpc) is 3.34. The van der Waals surface area contributed by atoms with Crippen LogP contribution in [0.5, 0.6) is 5.75 Å². The van der Waals surface area contributed by atoms with Crippen LogP contribution in [0, 0.1) is 13.8 Å². The Kier molecular flexibility index (Phi) is 9.64. The van der Waals surface area contributed by atoms with Gasteiger partial charge in [0.05, 0.1) is 30.4 Å². The molecular formula is C21H32IN5OS. The molecule has 1 aliphatic rings. The number of guanidine groups is 1. The normalized spacial score (nSPS) is 15.7. The number of aryl methyl sites for hydroxylation is 2. The number of thiazole rings is 1. The van der Waals surface area contributed by atoms with Crippen molar-refractivity contribution in [2.24, 2.45) is 4.99 Å². The highest BCUT2D eigenvalue weighted by Crippen LogP contribution is 2.31. The van der Waals surface area contributed by atoms with Gasteiger partial charge in [0.2, 0.25) is 0 Å². The van der Waals surface area contributed by atoms with Crippen molar-refractivity contribution in [1.82, 2.24) is 20.5 Å². The molecule has 0 aliphatic carbocycles. The first-order valence-electron chi connectivity index (χ1n) is 9.86. The number of benzene rings is 1. The molecule has 2 aromatic rings. The van der Waals surface area contributed by atoms with Crippen LogP contribution in [0.4, 0.5) is 0 Å². The van der Waals surface area contributed by atoms with E-state index in [9.17, 15) is 0 Å². The molecule has 0 radical (unpaired) electrons. The van der Waals surface area contributed by atoms with Gasteiger partial charge in [0.1, 0.15) is 5.75 Å². The summed E-state index contributed by atoms with van der Waals surface area (Å²) in [5.41, 5.74) is 2.32. The largest absolute Gasteiger partial charge is 0.496 e. The molecule has 1 unspecified atom stereocenters. The highest BCUT2D eigenvalue weighted by Gasteiger charge is 2.26. The number of nitrogens with one attached hydrogen (secondary N) is 2. The first-order valence-corrected chi connectivity index (χ1v) is 10.7. The quantitative estimate of drug-likeness (QED) is 0.324.